The molecule has 0 aliphatic carbocycles. The molecule has 0 aromatic heterocycles. The summed E-state index contributed by atoms with van der Waals surface area (Å²) in [5.74, 6) is -0.172. The molecule has 3 nitrogen and oxygen atoms in total. The van der Waals surface area contributed by atoms with Crippen molar-refractivity contribution in [3.63, 3.8) is 0 Å². The number of nitrogens with zero attached hydrogens (tertiary/aromatic N) is 1. The second-order valence-corrected chi connectivity index (χ2v) is 5.54. The van der Waals surface area contributed by atoms with E-state index in [0.717, 1.165) is 24.8 Å². The molecule has 1 aliphatic rings. The van der Waals surface area contributed by atoms with E-state index in [1.807, 2.05) is 6.07 Å². The second kappa shape index (κ2) is 6.66. The molecule has 0 amide bonds. The van der Waals surface area contributed by atoms with Crippen molar-refractivity contribution in [2.75, 3.05) is 6.54 Å². The van der Waals surface area contributed by atoms with E-state index < -0.39 is 6.36 Å². The van der Waals surface area contributed by atoms with Crippen LogP contribution in [0, 0.1) is 0 Å². The van der Waals surface area contributed by atoms with Gasteiger partial charge in [-0.2, -0.15) is 0 Å². The van der Waals surface area contributed by atoms with Crippen molar-refractivity contribution in [2.24, 2.45) is 5.73 Å². The van der Waals surface area contributed by atoms with Gasteiger partial charge in [-0.1, -0.05) is 18.6 Å². The maximum atomic E-state index is 12.3. The average molecular weight is 302 g/mol. The monoisotopic (exact) mass is 302 g/mol. The van der Waals surface area contributed by atoms with Gasteiger partial charge in [0.05, 0.1) is 0 Å². The standard InChI is InChI=1S/C15H21F3N2O/c1-11-4-2-6-13(9-19)20(11)10-12-5-3-7-14(8-12)21-15(16,17)18/h3,5,7-8,11,13H,2,4,6,9-10,19H2,1H3. The molecule has 1 saturated heterocycles. The van der Waals surface area contributed by atoms with Crippen molar-refractivity contribution in [2.45, 2.75) is 51.2 Å². The van der Waals surface area contributed by atoms with Gasteiger partial charge in [-0.05, 0) is 37.5 Å². The Morgan fingerprint density at radius 3 is 2.76 bits per heavy atom. The van der Waals surface area contributed by atoms with E-state index in [2.05, 4.69) is 16.6 Å². The molecule has 1 aromatic carbocycles. The highest BCUT2D eigenvalue weighted by molar-refractivity contribution is 5.28. The van der Waals surface area contributed by atoms with Crippen LogP contribution in [0.1, 0.15) is 31.7 Å². The largest absolute Gasteiger partial charge is 0.573 e. The number of likely N-dealkylation sites (tertiary alicyclic amines) is 1. The van der Waals surface area contributed by atoms with Gasteiger partial charge in [0, 0.05) is 25.2 Å². The maximum Gasteiger partial charge on any atom is 0.573 e. The Hall–Kier alpha value is -1.27. The minimum absolute atomic E-state index is 0.172. The van der Waals surface area contributed by atoms with E-state index in [4.69, 9.17) is 5.73 Å². The van der Waals surface area contributed by atoms with Crippen LogP contribution in [-0.2, 0) is 6.54 Å². The topological polar surface area (TPSA) is 38.5 Å². The zero-order valence-corrected chi connectivity index (χ0v) is 12.1. The summed E-state index contributed by atoms with van der Waals surface area (Å²) in [6, 6.07) is 6.85. The molecule has 6 heteroatoms. The van der Waals surface area contributed by atoms with Crippen LogP contribution in [-0.4, -0.2) is 29.9 Å². The Balaban J connectivity index is 2.09. The number of rotatable bonds is 4. The SMILES string of the molecule is CC1CCCC(CN)N1Cc1cccc(OC(F)(F)F)c1. The summed E-state index contributed by atoms with van der Waals surface area (Å²) >= 11 is 0. The van der Waals surface area contributed by atoms with Gasteiger partial charge in [0.1, 0.15) is 5.75 Å². The molecule has 21 heavy (non-hydrogen) atoms. The first-order chi connectivity index (χ1) is 9.89. The Kier molecular flexibility index (Phi) is 5.11. The van der Waals surface area contributed by atoms with Gasteiger partial charge in [-0.3, -0.25) is 4.90 Å². The fourth-order valence-electron chi connectivity index (χ4n) is 2.93. The molecule has 1 aliphatic heterocycles. The lowest BCUT2D eigenvalue weighted by Gasteiger charge is -2.40. The van der Waals surface area contributed by atoms with Crippen LogP contribution in [0.4, 0.5) is 13.2 Å². The Labute approximate surface area is 122 Å². The Morgan fingerprint density at radius 1 is 1.33 bits per heavy atom. The lowest BCUT2D eigenvalue weighted by molar-refractivity contribution is -0.274. The van der Waals surface area contributed by atoms with Gasteiger partial charge >= 0.3 is 6.36 Å². The van der Waals surface area contributed by atoms with E-state index in [-0.39, 0.29) is 5.75 Å². The summed E-state index contributed by atoms with van der Waals surface area (Å²) in [7, 11) is 0. The minimum atomic E-state index is -4.66. The van der Waals surface area contributed by atoms with Crippen molar-refractivity contribution in [3.8, 4) is 5.75 Å². The van der Waals surface area contributed by atoms with Crippen LogP contribution in [0.3, 0.4) is 0 Å². The smallest absolute Gasteiger partial charge is 0.406 e. The Morgan fingerprint density at radius 2 is 2.10 bits per heavy atom. The molecule has 0 radical (unpaired) electrons. The average Bonchev–Trinajstić information content (AvgIpc) is 2.39. The maximum absolute atomic E-state index is 12.3. The zero-order valence-electron chi connectivity index (χ0n) is 12.1. The van der Waals surface area contributed by atoms with Crippen LogP contribution in [0.2, 0.25) is 0 Å². The number of halogens is 3. The summed E-state index contributed by atoms with van der Waals surface area (Å²) in [5.41, 5.74) is 6.62. The van der Waals surface area contributed by atoms with E-state index >= 15 is 0 Å². The van der Waals surface area contributed by atoms with Gasteiger partial charge in [0.25, 0.3) is 0 Å². The third-order valence-corrected chi connectivity index (χ3v) is 3.96. The molecule has 0 bridgehead atoms. The van der Waals surface area contributed by atoms with Crippen molar-refractivity contribution < 1.29 is 17.9 Å². The fourth-order valence-corrected chi connectivity index (χ4v) is 2.93. The number of benzene rings is 1. The molecule has 1 heterocycles. The quantitative estimate of drug-likeness (QED) is 0.927. The van der Waals surface area contributed by atoms with Crippen LogP contribution >= 0.6 is 0 Å². The van der Waals surface area contributed by atoms with Crippen LogP contribution < -0.4 is 10.5 Å². The lowest BCUT2D eigenvalue weighted by atomic mass is 9.95. The molecule has 2 rings (SSSR count). The summed E-state index contributed by atoms with van der Waals surface area (Å²) in [5, 5.41) is 0. The molecular weight excluding hydrogens is 281 g/mol. The lowest BCUT2D eigenvalue weighted by Crippen LogP contribution is -2.48. The van der Waals surface area contributed by atoms with Crippen molar-refractivity contribution in [3.05, 3.63) is 29.8 Å². The first kappa shape index (κ1) is 16.1. The third-order valence-electron chi connectivity index (χ3n) is 3.96. The number of nitrogens with two attached hydrogens (primary N) is 1. The predicted octanol–water partition coefficient (Wildman–Crippen LogP) is 3.29. The first-order valence-electron chi connectivity index (χ1n) is 7.19. The van der Waals surface area contributed by atoms with Crippen LogP contribution in [0.25, 0.3) is 0 Å². The van der Waals surface area contributed by atoms with Gasteiger partial charge < -0.3 is 10.5 Å². The van der Waals surface area contributed by atoms with Gasteiger partial charge in [-0.25, -0.2) is 0 Å². The molecule has 0 spiro atoms. The minimum Gasteiger partial charge on any atom is -0.406 e. The fraction of sp³-hybridized carbons (Fsp3) is 0.600. The molecule has 0 saturated carbocycles. The number of ether oxygens (including phenoxy) is 1. The predicted molar refractivity (Wildman–Crippen MR) is 74.8 cm³/mol. The van der Waals surface area contributed by atoms with Crippen molar-refractivity contribution in [1.29, 1.82) is 0 Å². The third kappa shape index (κ3) is 4.61. The highest BCUT2D eigenvalue weighted by Gasteiger charge is 2.31. The van der Waals surface area contributed by atoms with Crippen molar-refractivity contribution in [1.82, 2.24) is 4.90 Å². The summed E-state index contributed by atoms with van der Waals surface area (Å²) in [4.78, 5) is 2.27. The molecule has 2 N–H and O–H groups in total. The summed E-state index contributed by atoms with van der Waals surface area (Å²) in [6.45, 7) is 3.30. The summed E-state index contributed by atoms with van der Waals surface area (Å²) < 4.78 is 40.8. The molecule has 1 fully saturated rings. The van der Waals surface area contributed by atoms with Crippen LogP contribution in [0.5, 0.6) is 5.75 Å². The van der Waals surface area contributed by atoms with E-state index in [0.29, 0.717) is 25.2 Å². The van der Waals surface area contributed by atoms with E-state index in [1.54, 1.807) is 6.07 Å². The second-order valence-electron chi connectivity index (χ2n) is 5.54. The molecule has 118 valence electrons. The molecule has 2 unspecified atom stereocenters. The zero-order chi connectivity index (χ0) is 15.5. The van der Waals surface area contributed by atoms with Gasteiger partial charge in [0.2, 0.25) is 0 Å². The first-order valence-corrected chi connectivity index (χ1v) is 7.19. The number of piperidine rings is 1. The van der Waals surface area contributed by atoms with E-state index in [1.165, 1.54) is 12.1 Å². The summed E-state index contributed by atoms with van der Waals surface area (Å²) in [6.07, 6.45) is -1.37. The number of hydrogen-bond donors (Lipinski definition) is 1. The normalized spacial score (nSPS) is 24.0. The highest BCUT2D eigenvalue weighted by Crippen LogP contribution is 2.27. The van der Waals surface area contributed by atoms with Crippen molar-refractivity contribution >= 4 is 0 Å². The van der Waals surface area contributed by atoms with Gasteiger partial charge in [0.15, 0.2) is 0 Å². The Bertz CT molecular complexity index is 464. The number of hydrogen-bond acceptors (Lipinski definition) is 3. The molecular formula is C15H21F3N2O. The van der Waals surface area contributed by atoms with Gasteiger partial charge in [-0.15, -0.1) is 13.2 Å². The molecule has 2 atom stereocenters. The number of alkyl halides is 3. The molecule has 1 aromatic rings. The van der Waals surface area contributed by atoms with Crippen LogP contribution in [0.15, 0.2) is 24.3 Å². The van der Waals surface area contributed by atoms with E-state index in [9.17, 15) is 13.2 Å². The highest BCUT2D eigenvalue weighted by atomic mass is 19.4.